The molecular weight excluding hydrogens is 312 g/mol. The summed E-state index contributed by atoms with van der Waals surface area (Å²) >= 11 is 0. The van der Waals surface area contributed by atoms with E-state index in [4.69, 9.17) is 13.9 Å². The van der Waals surface area contributed by atoms with Crippen molar-refractivity contribution in [2.75, 3.05) is 6.61 Å². The minimum atomic E-state index is -1.03. The number of rotatable bonds is 5. The molecule has 1 aliphatic rings. The Hall–Kier alpha value is -2.05. The molecule has 1 aromatic carbocycles. The van der Waals surface area contributed by atoms with Gasteiger partial charge in [0.05, 0.1) is 12.2 Å². The van der Waals surface area contributed by atoms with E-state index in [2.05, 4.69) is 0 Å². The standard InChI is InChI=1S/C18H22O6/c1-4-5-22-17-11-7-15(18(2,3)21)24-13(11)8-14-16(17)12(20)6-10(9-19)23-14/h6,8,15,19,21H,4-5,7,9H2,1-3H3/t15-/m0/s1. The summed E-state index contributed by atoms with van der Waals surface area (Å²) in [7, 11) is 0. The minimum Gasteiger partial charge on any atom is -0.492 e. The van der Waals surface area contributed by atoms with E-state index in [9.17, 15) is 15.0 Å². The molecule has 0 unspecified atom stereocenters. The Morgan fingerprint density at radius 2 is 2.12 bits per heavy atom. The first-order chi connectivity index (χ1) is 11.3. The van der Waals surface area contributed by atoms with E-state index >= 15 is 0 Å². The highest BCUT2D eigenvalue weighted by atomic mass is 16.5. The molecule has 1 aliphatic heterocycles. The number of hydrogen-bond acceptors (Lipinski definition) is 6. The van der Waals surface area contributed by atoms with Gasteiger partial charge in [-0.05, 0) is 20.3 Å². The van der Waals surface area contributed by atoms with Crippen LogP contribution in [0.5, 0.6) is 11.5 Å². The largest absolute Gasteiger partial charge is 0.492 e. The number of hydrogen-bond donors (Lipinski definition) is 2. The highest BCUT2D eigenvalue weighted by Gasteiger charge is 2.37. The van der Waals surface area contributed by atoms with Crippen molar-refractivity contribution in [3.63, 3.8) is 0 Å². The van der Waals surface area contributed by atoms with Gasteiger partial charge in [0.2, 0.25) is 0 Å². The van der Waals surface area contributed by atoms with Gasteiger partial charge in [-0.25, -0.2) is 0 Å². The number of aliphatic hydroxyl groups is 2. The lowest BCUT2D eigenvalue weighted by atomic mass is 9.96. The van der Waals surface area contributed by atoms with E-state index in [1.807, 2.05) is 6.92 Å². The third-order valence-corrected chi connectivity index (χ3v) is 4.14. The molecule has 3 rings (SSSR count). The first-order valence-corrected chi connectivity index (χ1v) is 8.10. The van der Waals surface area contributed by atoms with Crippen LogP contribution in [0, 0.1) is 0 Å². The zero-order chi connectivity index (χ0) is 17.5. The lowest BCUT2D eigenvalue weighted by Crippen LogP contribution is -2.39. The highest BCUT2D eigenvalue weighted by Crippen LogP contribution is 2.43. The molecule has 0 amide bonds. The summed E-state index contributed by atoms with van der Waals surface area (Å²) in [6.07, 6.45) is 0.816. The van der Waals surface area contributed by atoms with Gasteiger partial charge in [-0.1, -0.05) is 6.92 Å². The number of fused-ring (bicyclic) bond motifs is 2. The van der Waals surface area contributed by atoms with Crippen LogP contribution in [0.15, 0.2) is 21.3 Å². The van der Waals surface area contributed by atoms with Crippen LogP contribution in [0.4, 0.5) is 0 Å². The summed E-state index contributed by atoms with van der Waals surface area (Å²) in [5.74, 6) is 1.18. The summed E-state index contributed by atoms with van der Waals surface area (Å²) in [5, 5.41) is 19.8. The molecule has 1 aromatic heterocycles. The second kappa shape index (κ2) is 6.11. The van der Waals surface area contributed by atoms with E-state index in [0.29, 0.717) is 35.5 Å². The van der Waals surface area contributed by atoms with Crippen molar-refractivity contribution in [1.29, 1.82) is 0 Å². The van der Waals surface area contributed by atoms with Crippen LogP contribution in [0.3, 0.4) is 0 Å². The molecule has 6 nitrogen and oxygen atoms in total. The Morgan fingerprint density at radius 3 is 2.75 bits per heavy atom. The van der Waals surface area contributed by atoms with E-state index in [1.54, 1.807) is 19.9 Å². The number of benzene rings is 1. The molecule has 0 saturated carbocycles. The van der Waals surface area contributed by atoms with E-state index in [-0.39, 0.29) is 17.8 Å². The Bertz CT molecular complexity index is 815. The van der Waals surface area contributed by atoms with Gasteiger partial charge in [0.15, 0.2) is 5.43 Å². The van der Waals surface area contributed by atoms with Crippen LogP contribution >= 0.6 is 0 Å². The van der Waals surface area contributed by atoms with Gasteiger partial charge in [0, 0.05) is 24.1 Å². The second-order valence-electron chi connectivity index (χ2n) is 6.60. The molecule has 2 heterocycles. The predicted molar refractivity (Wildman–Crippen MR) is 88.6 cm³/mol. The minimum absolute atomic E-state index is 0.186. The molecule has 6 heteroatoms. The summed E-state index contributed by atoms with van der Waals surface area (Å²) in [5.41, 5.74) is -0.207. The maximum absolute atomic E-state index is 12.5. The average molecular weight is 334 g/mol. The van der Waals surface area contributed by atoms with Crippen LogP contribution in [0.25, 0.3) is 11.0 Å². The molecular formula is C18H22O6. The fourth-order valence-electron chi connectivity index (χ4n) is 2.87. The van der Waals surface area contributed by atoms with Crippen molar-refractivity contribution in [3.05, 3.63) is 33.7 Å². The van der Waals surface area contributed by atoms with Crippen LogP contribution in [-0.4, -0.2) is 28.5 Å². The summed E-state index contributed by atoms with van der Waals surface area (Å²) in [6.45, 7) is 5.44. The van der Waals surface area contributed by atoms with E-state index < -0.39 is 11.7 Å². The second-order valence-corrected chi connectivity index (χ2v) is 6.60. The van der Waals surface area contributed by atoms with Crippen molar-refractivity contribution in [2.24, 2.45) is 0 Å². The Balaban J connectivity index is 2.21. The molecule has 2 N–H and O–H groups in total. The number of ether oxygens (including phenoxy) is 2. The SMILES string of the molecule is CCCOc1c2c(cc3oc(CO)cc(=O)c13)O[C@H](C(C)(C)O)C2. The zero-order valence-corrected chi connectivity index (χ0v) is 14.1. The van der Waals surface area contributed by atoms with Crippen LogP contribution in [-0.2, 0) is 13.0 Å². The van der Waals surface area contributed by atoms with E-state index in [0.717, 1.165) is 12.0 Å². The first-order valence-electron chi connectivity index (χ1n) is 8.10. The van der Waals surface area contributed by atoms with Gasteiger partial charge in [-0.15, -0.1) is 0 Å². The monoisotopic (exact) mass is 334 g/mol. The van der Waals surface area contributed by atoms with Crippen LogP contribution in [0.1, 0.15) is 38.5 Å². The van der Waals surface area contributed by atoms with Crippen LogP contribution in [0.2, 0.25) is 0 Å². The van der Waals surface area contributed by atoms with Crippen molar-refractivity contribution in [3.8, 4) is 11.5 Å². The van der Waals surface area contributed by atoms with Gasteiger partial charge in [-0.3, -0.25) is 4.79 Å². The quantitative estimate of drug-likeness (QED) is 0.871. The van der Waals surface area contributed by atoms with Gasteiger partial charge in [0.25, 0.3) is 0 Å². The Labute approximate surface area is 139 Å². The zero-order valence-electron chi connectivity index (χ0n) is 14.1. The molecule has 0 saturated heterocycles. The predicted octanol–water partition coefficient (Wildman–Crippen LogP) is 2.15. The van der Waals surface area contributed by atoms with Crippen LogP contribution < -0.4 is 14.9 Å². The van der Waals surface area contributed by atoms with Gasteiger partial charge < -0.3 is 24.1 Å². The normalized spacial score (nSPS) is 17.0. The van der Waals surface area contributed by atoms with Crippen molar-refractivity contribution >= 4 is 11.0 Å². The smallest absolute Gasteiger partial charge is 0.196 e. The molecule has 24 heavy (non-hydrogen) atoms. The van der Waals surface area contributed by atoms with E-state index in [1.165, 1.54) is 6.07 Å². The maximum Gasteiger partial charge on any atom is 0.196 e. The summed E-state index contributed by atoms with van der Waals surface area (Å²) < 4.78 is 17.3. The van der Waals surface area contributed by atoms with Gasteiger partial charge in [-0.2, -0.15) is 0 Å². The van der Waals surface area contributed by atoms with Crippen molar-refractivity contribution < 1.29 is 24.1 Å². The molecule has 2 aromatic rings. The van der Waals surface area contributed by atoms with Crippen molar-refractivity contribution in [2.45, 2.75) is 51.9 Å². The lowest BCUT2D eigenvalue weighted by molar-refractivity contribution is -0.0229. The Morgan fingerprint density at radius 1 is 1.38 bits per heavy atom. The van der Waals surface area contributed by atoms with Crippen molar-refractivity contribution in [1.82, 2.24) is 0 Å². The highest BCUT2D eigenvalue weighted by molar-refractivity contribution is 5.87. The van der Waals surface area contributed by atoms with Gasteiger partial charge in [0.1, 0.15) is 40.9 Å². The Kier molecular flexibility index (Phi) is 4.27. The summed E-state index contributed by atoms with van der Waals surface area (Å²) in [6, 6.07) is 2.91. The first kappa shape index (κ1) is 16.8. The molecule has 0 aliphatic carbocycles. The third-order valence-electron chi connectivity index (χ3n) is 4.14. The molecule has 0 radical (unpaired) electrons. The molecule has 1 atom stereocenters. The lowest BCUT2D eigenvalue weighted by Gasteiger charge is -2.24. The molecule has 0 fully saturated rings. The molecule has 130 valence electrons. The molecule has 0 spiro atoms. The molecule has 0 bridgehead atoms. The topological polar surface area (TPSA) is 89.1 Å². The third kappa shape index (κ3) is 2.87. The maximum atomic E-state index is 12.5. The average Bonchev–Trinajstić information content (AvgIpc) is 2.95. The fourth-order valence-corrected chi connectivity index (χ4v) is 2.87. The summed E-state index contributed by atoms with van der Waals surface area (Å²) in [4.78, 5) is 12.5. The number of aliphatic hydroxyl groups excluding tert-OH is 1. The van der Waals surface area contributed by atoms with Gasteiger partial charge >= 0.3 is 0 Å². The fraction of sp³-hybridized carbons (Fsp3) is 0.500.